The number of fused-ring (bicyclic) bond motifs is 1. The third-order valence-electron chi connectivity index (χ3n) is 4.86. The Morgan fingerprint density at radius 1 is 1.07 bits per heavy atom. The molecule has 1 aromatic heterocycles. The van der Waals surface area contributed by atoms with E-state index in [-0.39, 0.29) is 12.4 Å². The summed E-state index contributed by atoms with van der Waals surface area (Å²) < 4.78 is 27.1. The van der Waals surface area contributed by atoms with Gasteiger partial charge in [0.25, 0.3) is 0 Å². The van der Waals surface area contributed by atoms with Crippen LogP contribution in [0.4, 0.5) is 4.39 Å². The zero-order valence-electron chi connectivity index (χ0n) is 16.3. The lowest BCUT2D eigenvalue weighted by atomic mass is 10.1. The third-order valence-corrected chi connectivity index (χ3v) is 4.86. The zero-order valence-corrected chi connectivity index (χ0v) is 16.3. The molecule has 4 rings (SSSR count). The molecule has 0 saturated heterocycles. The molecule has 6 nitrogen and oxygen atoms in total. The number of nitrogens with zero attached hydrogens (tertiary/aromatic N) is 2. The fourth-order valence-electron chi connectivity index (χ4n) is 3.39. The van der Waals surface area contributed by atoms with Gasteiger partial charge in [-0.3, -0.25) is 4.68 Å². The minimum atomic E-state index is -0.388. The minimum absolute atomic E-state index is 0.298. The summed E-state index contributed by atoms with van der Waals surface area (Å²) >= 11 is 0. The van der Waals surface area contributed by atoms with Crippen LogP contribution in [0.2, 0.25) is 0 Å². The highest BCUT2D eigenvalue weighted by molar-refractivity contribution is 5.66. The number of aliphatic hydroxyl groups excluding tert-OH is 1. The number of aliphatic hydroxyl groups is 1. The van der Waals surface area contributed by atoms with E-state index in [4.69, 9.17) is 14.6 Å². The second kappa shape index (κ2) is 8.63. The SMILES string of the molecule is Cn1cc(CNCc2ccc(CO)c(F)c2)c(-c2ccc3c(c2)OCCCO3)n1. The first kappa shape index (κ1) is 19.4. The number of hydrogen-bond donors (Lipinski definition) is 2. The smallest absolute Gasteiger partial charge is 0.161 e. The molecule has 7 heteroatoms. The Morgan fingerprint density at radius 2 is 1.90 bits per heavy atom. The zero-order chi connectivity index (χ0) is 20.2. The lowest BCUT2D eigenvalue weighted by molar-refractivity contribution is 0.275. The van der Waals surface area contributed by atoms with E-state index in [0.29, 0.717) is 31.9 Å². The fourth-order valence-corrected chi connectivity index (χ4v) is 3.39. The van der Waals surface area contributed by atoms with E-state index in [0.717, 1.165) is 40.3 Å². The first-order valence-electron chi connectivity index (χ1n) is 9.65. The van der Waals surface area contributed by atoms with Crippen LogP contribution in [0.3, 0.4) is 0 Å². The van der Waals surface area contributed by atoms with Crippen molar-refractivity contribution in [3.8, 4) is 22.8 Å². The molecule has 152 valence electrons. The highest BCUT2D eigenvalue weighted by atomic mass is 19.1. The molecule has 1 aliphatic heterocycles. The van der Waals surface area contributed by atoms with E-state index in [1.54, 1.807) is 10.7 Å². The van der Waals surface area contributed by atoms with Crippen LogP contribution >= 0.6 is 0 Å². The van der Waals surface area contributed by atoms with E-state index in [1.807, 2.05) is 37.5 Å². The molecule has 2 heterocycles. The summed E-state index contributed by atoms with van der Waals surface area (Å²) in [7, 11) is 1.89. The molecule has 1 aliphatic rings. The Morgan fingerprint density at radius 3 is 2.69 bits per heavy atom. The lowest BCUT2D eigenvalue weighted by Gasteiger charge is -2.10. The number of ether oxygens (including phenoxy) is 2. The topological polar surface area (TPSA) is 68.5 Å². The summed E-state index contributed by atoms with van der Waals surface area (Å²) in [6.07, 6.45) is 2.84. The van der Waals surface area contributed by atoms with Crippen LogP contribution in [0.15, 0.2) is 42.6 Å². The fraction of sp³-hybridized carbons (Fsp3) is 0.318. The van der Waals surface area contributed by atoms with Gasteiger partial charge in [-0.15, -0.1) is 0 Å². The van der Waals surface area contributed by atoms with Crippen molar-refractivity contribution in [1.82, 2.24) is 15.1 Å². The predicted octanol–water partition coefficient (Wildman–Crippen LogP) is 3.17. The molecule has 0 bridgehead atoms. The lowest BCUT2D eigenvalue weighted by Crippen LogP contribution is -2.13. The highest BCUT2D eigenvalue weighted by Gasteiger charge is 2.15. The van der Waals surface area contributed by atoms with Gasteiger partial charge >= 0.3 is 0 Å². The monoisotopic (exact) mass is 397 g/mol. The van der Waals surface area contributed by atoms with Crippen molar-refractivity contribution in [2.45, 2.75) is 26.1 Å². The Balaban J connectivity index is 1.49. The van der Waals surface area contributed by atoms with Crippen molar-refractivity contribution in [2.24, 2.45) is 7.05 Å². The second-order valence-electron chi connectivity index (χ2n) is 7.08. The van der Waals surface area contributed by atoms with Gasteiger partial charge in [0.2, 0.25) is 0 Å². The van der Waals surface area contributed by atoms with E-state index < -0.39 is 0 Å². The van der Waals surface area contributed by atoms with Crippen LogP contribution in [-0.2, 0) is 26.7 Å². The maximum Gasteiger partial charge on any atom is 0.161 e. The molecule has 0 atom stereocenters. The number of aryl methyl sites for hydroxylation is 1. The van der Waals surface area contributed by atoms with Crippen LogP contribution in [0, 0.1) is 5.82 Å². The Labute approximate surface area is 168 Å². The van der Waals surface area contributed by atoms with Crippen molar-refractivity contribution in [1.29, 1.82) is 0 Å². The number of hydrogen-bond acceptors (Lipinski definition) is 5. The molecule has 3 aromatic rings. The molecule has 29 heavy (non-hydrogen) atoms. The van der Waals surface area contributed by atoms with Gasteiger partial charge in [0.05, 0.1) is 25.5 Å². The average molecular weight is 397 g/mol. The van der Waals surface area contributed by atoms with Crippen LogP contribution in [-0.4, -0.2) is 28.1 Å². The van der Waals surface area contributed by atoms with Crippen LogP contribution in [0.1, 0.15) is 23.1 Å². The molecule has 0 spiro atoms. The first-order valence-corrected chi connectivity index (χ1v) is 9.65. The second-order valence-corrected chi connectivity index (χ2v) is 7.08. The summed E-state index contributed by atoms with van der Waals surface area (Å²) in [5.41, 5.74) is 4.00. The van der Waals surface area contributed by atoms with Gasteiger partial charge in [-0.1, -0.05) is 12.1 Å². The van der Waals surface area contributed by atoms with Gasteiger partial charge in [0.15, 0.2) is 11.5 Å². The average Bonchev–Trinajstić information content (AvgIpc) is 2.93. The predicted molar refractivity (Wildman–Crippen MR) is 107 cm³/mol. The van der Waals surface area contributed by atoms with Crippen molar-refractivity contribution in [2.75, 3.05) is 13.2 Å². The van der Waals surface area contributed by atoms with Crippen molar-refractivity contribution in [3.05, 3.63) is 65.1 Å². The Kier molecular flexibility index (Phi) is 5.78. The Hall–Kier alpha value is -2.90. The van der Waals surface area contributed by atoms with Gasteiger partial charge in [-0.05, 0) is 29.8 Å². The number of benzene rings is 2. The van der Waals surface area contributed by atoms with Gasteiger partial charge in [0, 0.05) is 49.4 Å². The Bertz CT molecular complexity index is 1000. The largest absolute Gasteiger partial charge is 0.490 e. The highest BCUT2D eigenvalue weighted by Crippen LogP contribution is 2.34. The maximum absolute atomic E-state index is 13.8. The standard InChI is InChI=1S/C22H24FN3O3/c1-26-13-18(12-24-11-15-3-4-17(14-27)19(23)9-15)22(25-26)16-5-6-20-21(10-16)29-8-2-7-28-20/h3-6,9-10,13,24,27H,2,7-8,11-12,14H2,1H3. The minimum Gasteiger partial charge on any atom is -0.490 e. The molecular weight excluding hydrogens is 373 g/mol. The van der Waals surface area contributed by atoms with Gasteiger partial charge < -0.3 is 19.9 Å². The van der Waals surface area contributed by atoms with Gasteiger partial charge in [0.1, 0.15) is 5.82 Å². The molecule has 0 unspecified atom stereocenters. The van der Waals surface area contributed by atoms with Gasteiger partial charge in [-0.2, -0.15) is 5.10 Å². The first-order chi connectivity index (χ1) is 14.1. The van der Waals surface area contributed by atoms with Crippen molar-refractivity contribution < 1.29 is 19.0 Å². The number of rotatable bonds is 6. The summed E-state index contributed by atoms with van der Waals surface area (Å²) in [6.45, 7) is 2.09. The number of nitrogens with one attached hydrogen (secondary N) is 1. The van der Waals surface area contributed by atoms with E-state index in [9.17, 15) is 4.39 Å². The summed E-state index contributed by atoms with van der Waals surface area (Å²) in [4.78, 5) is 0. The third kappa shape index (κ3) is 4.41. The quantitative estimate of drug-likeness (QED) is 0.669. The summed E-state index contributed by atoms with van der Waals surface area (Å²) in [5, 5.41) is 17.0. The number of halogens is 1. The number of aromatic nitrogens is 2. The summed E-state index contributed by atoms with van der Waals surface area (Å²) in [5.74, 6) is 1.11. The molecule has 0 saturated carbocycles. The van der Waals surface area contributed by atoms with Crippen molar-refractivity contribution >= 4 is 0 Å². The van der Waals surface area contributed by atoms with Gasteiger partial charge in [-0.25, -0.2) is 4.39 Å². The molecule has 0 amide bonds. The molecule has 0 fully saturated rings. The maximum atomic E-state index is 13.8. The van der Waals surface area contributed by atoms with Crippen LogP contribution < -0.4 is 14.8 Å². The van der Waals surface area contributed by atoms with Crippen molar-refractivity contribution in [3.63, 3.8) is 0 Å². The van der Waals surface area contributed by atoms with E-state index in [1.165, 1.54) is 6.07 Å². The normalized spacial score (nSPS) is 13.3. The van der Waals surface area contributed by atoms with E-state index in [2.05, 4.69) is 10.4 Å². The molecule has 2 N–H and O–H groups in total. The van der Waals surface area contributed by atoms with Crippen LogP contribution in [0.25, 0.3) is 11.3 Å². The molecule has 2 aromatic carbocycles. The van der Waals surface area contributed by atoms with E-state index >= 15 is 0 Å². The molecule has 0 aliphatic carbocycles. The summed E-state index contributed by atoms with van der Waals surface area (Å²) in [6, 6.07) is 10.8. The molecule has 0 radical (unpaired) electrons. The van der Waals surface area contributed by atoms with Crippen LogP contribution in [0.5, 0.6) is 11.5 Å². The molecular formula is C22H24FN3O3.